The molecule has 35 heavy (non-hydrogen) atoms. The molecule has 0 saturated heterocycles. The van der Waals surface area contributed by atoms with Gasteiger partial charge in [0, 0.05) is 17.5 Å². The molecule has 5 aromatic rings. The molecule has 5 rings (SSSR count). The summed E-state index contributed by atoms with van der Waals surface area (Å²) in [5.41, 5.74) is 4.14. The standard InChI is InChI=1S/C27H22N4O3S/c1-35(33,34)22-14-12-21(13-15-22)29-27(32)23-16-25(20-10-6-3-7-11-20)30-26-24(23)17-28-31(26)18-19-8-4-2-5-9-19/h2-17H,18H2,1H3,(H,29,32). The normalized spacial score (nSPS) is 11.5. The summed E-state index contributed by atoms with van der Waals surface area (Å²) in [6.45, 7) is 0.517. The maximum absolute atomic E-state index is 13.4. The minimum absolute atomic E-state index is 0.190. The molecule has 1 N–H and O–H groups in total. The lowest BCUT2D eigenvalue weighted by atomic mass is 10.1. The molecule has 8 heteroatoms. The predicted molar refractivity (Wildman–Crippen MR) is 136 cm³/mol. The maximum Gasteiger partial charge on any atom is 0.256 e. The lowest BCUT2D eigenvalue weighted by molar-refractivity contribution is 0.102. The Morgan fingerprint density at radius 1 is 0.914 bits per heavy atom. The first-order chi connectivity index (χ1) is 16.9. The van der Waals surface area contributed by atoms with Crippen molar-refractivity contribution in [2.24, 2.45) is 0 Å². The van der Waals surface area contributed by atoms with Crippen molar-refractivity contribution >= 4 is 32.5 Å². The van der Waals surface area contributed by atoms with Gasteiger partial charge in [-0.3, -0.25) is 4.79 Å². The number of nitrogens with one attached hydrogen (secondary N) is 1. The zero-order valence-corrected chi connectivity index (χ0v) is 19.7. The van der Waals surface area contributed by atoms with Crippen molar-refractivity contribution in [1.82, 2.24) is 14.8 Å². The van der Waals surface area contributed by atoms with E-state index < -0.39 is 9.84 Å². The van der Waals surface area contributed by atoms with Crippen LogP contribution in [-0.4, -0.2) is 35.3 Å². The minimum Gasteiger partial charge on any atom is -0.322 e. The van der Waals surface area contributed by atoms with Crippen molar-refractivity contribution in [3.05, 3.63) is 108 Å². The molecule has 0 aliphatic carbocycles. The van der Waals surface area contributed by atoms with Gasteiger partial charge >= 0.3 is 0 Å². The molecule has 3 aromatic carbocycles. The van der Waals surface area contributed by atoms with E-state index in [0.717, 1.165) is 17.4 Å². The van der Waals surface area contributed by atoms with E-state index in [0.29, 0.717) is 34.5 Å². The average Bonchev–Trinajstić information content (AvgIpc) is 3.27. The molecule has 7 nitrogen and oxygen atoms in total. The van der Waals surface area contributed by atoms with Crippen molar-refractivity contribution in [2.45, 2.75) is 11.4 Å². The molecule has 2 heterocycles. The zero-order valence-electron chi connectivity index (χ0n) is 18.9. The van der Waals surface area contributed by atoms with E-state index in [4.69, 9.17) is 4.98 Å². The van der Waals surface area contributed by atoms with Gasteiger partial charge in [0.1, 0.15) is 0 Å². The highest BCUT2D eigenvalue weighted by molar-refractivity contribution is 7.90. The molecule has 174 valence electrons. The van der Waals surface area contributed by atoms with Crippen molar-refractivity contribution in [2.75, 3.05) is 11.6 Å². The maximum atomic E-state index is 13.4. The first-order valence-electron chi connectivity index (χ1n) is 11.0. The summed E-state index contributed by atoms with van der Waals surface area (Å²) in [4.78, 5) is 18.4. The Bertz CT molecular complexity index is 1610. The minimum atomic E-state index is -3.32. The smallest absolute Gasteiger partial charge is 0.256 e. The Balaban J connectivity index is 1.56. The molecular formula is C27H22N4O3S. The molecule has 0 atom stereocenters. The largest absolute Gasteiger partial charge is 0.322 e. The fourth-order valence-corrected chi connectivity index (χ4v) is 4.48. The van der Waals surface area contributed by atoms with E-state index in [1.165, 1.54) is 12.1 Å². The monoisotopic (exact) mass is 482 g/mol. The summed E-state index contributed by atoms with van der Waals surface area (Å²) >= 11 is 0. The summed E-state index contributed by atoms with van der Waals surface area (Å²) < 4.78 is 25.3. The first-order valence-corrected chi connectivity index (χ1v) is 12.8. The van der Waals surface area contributed by atoms with Gasteiger partial charge in [0.05, 0.1) is 34.3 Å². The van der Waals surface area contributed by atoms with Crippen molar-refractivity contribution in [1.29, 1.82) is 0 Å². The third-order valence-corrected chi connectivity index (χ3v) is 6.77. The number of sulfone groups is 1. The van der Waals surface area contributed by atoms with Crippen LogP contribution in [0.25, 0.3) is 22.3 Å². The van der Waals surface area contributed by atoms with Gasteiger partial charge in [-0.25, -0.2) is 18.1 Å². The molecular weight excluding hydrogens is 460 g/mol. The molecule has 0 saturated carbocycles. The van der Waals surface area contributed by atoms with Gasteiger partial charge in [-0.2, -0.15) is 5.10 Å². The first kappa shape index (κ1) is 22.5. The number of amides is 1. The van der Waals surface area contributed by atoms with Gasteiger partial charge in [-0.05, 0) is 35.9 Å². The van der Waals surface area contributed by atoms with Crippen LogP contribution in [0.2, 0.25) is 0 Å². The summed E-state index contributed by atoms with van der Waals surface area (Å²) in [7, 11) is -3.32. The molecule has 0 spiro atoms. The highest BCUT2D eigenvalue weighted by Gasteiger charge is 2.18. The van der Waals surface area contributed by atoms with Crippen LogP contribution in [0.3, 0.4) is 0 Å². The Morgan fingerprint density at radius 2 is 1.57 bits per heavy atom. The van der Waals surface area contributed by atoms with Gasteiger partial charge in [-0.15, -0.1) is 0 Å². The van der Waals surface area contributed by atoms with Gasteiger partial charge in [0.2, 0.25) is 0 Å². The molecule has 0 radical (unpaired) electrons. The van der Waals surface area contributed by atoms with Crippen LogP contribution < -0.4 is 5.32 Å². The number of hydrogen-bond acceptors (Lipinski definition) is 5. The number of pyridine rings is 1. The van der Waals surface area contributed by atoms with Crippen LogP contribution in [0.4, 0.5) is 5.69 Å². The van der Waals surface area contributed by atoms with Gasteiger partial charge in [0.15, 0.2) is 15.5 Å². The lowest BCUT2D eigenvalue weighted by Gasteiger charge is -2.10. The molecule has 0 bridgehead atoms. The van der Waals surface area contributed by atoms with E-state index in [1.54, 1.807) is 29.1 Å². The highest BCUT2D eigenvalue weighted by Crippen LogP contribution is 2.26. The Hall–Kier alpha value is -4.30. The van der Waals surface area contributed by atoms with E-state index in [9.17, 15) is 13.2 Å². The number of carbonyl (C=O) groups excluding carboxylic acids is 1. The number of benzene rings is 3. The van der Waals surface area contributed by atoms with Crippen LogP contribution in [-0.2, 0) is 16.4 Å². The van der Waals surface area contributed by atoms with Crippen molar-refractivity contribution in [3.63, 3.8) is 0 Å². The molecule has 0 aliphatic rings. The van der Waals surface area contributed by atoms with Gasteiger partial charge in [0.25, 0.3) is 5.91 Å². The molecule has 0 fully saturated rings. The Morgan fingerprint density at radius 3 is 2.23 bits per heavy atom. The number of rotatable bonds is 6. The summed E-state index contributed by atoms with van der Waals surface area (Å²) in [5.74, 6) is -0.332. The topological polar surface area (TPSA) is 93.9 Å². The molecule has 2 aromatic heterocycles. The third-order valence-electron chi connectivity index (χ3n) is 5.64. The predicted octanol–water partition coefficient (Wildman–Crippen LogP) is 4.80. The summed E-state index contributed by atoms with van der Waals surface area (Å²) in [6, 6.07) is 27.4. The van der Waals surface area contributed by atoms with E-state index >= 15 is 0 Å². The average molecular weight is 483 g/mol. The fraction of sp³-hybridized carbons (Fsp3) is 0.0741. The summed E-state index contributed by atoms with van der Waals surface area (Å²) in [5, 5.41) is 8.02. The number of nitrogens with zero attached hydrogens (tertiary/aromatic N) is 3. The van der Waals surface area contributed by atoms with Gasteiger partial charge in [-0.1, -0.05) is 60.7 Å². The van der Waals surface area contributed by atoms with Crippen LogP contribution in [0.1, 0.15) is 15.9 Å². The van der Waals surface area contributed by atoms with Crippen molar-refractivity contribution in [3.8, 4) is 11.3 Å². The lowest BCUT2D eigenvalue weighted by Crippen LogP contribution is -2.13. The zero-order chi connectivity index (χ0) is 24.4. The SMILES string of the molecule is CS(=O)(=O)c1ccc(NC(=O)c2cc(-c3ccccc3)nc3c2cnn3Cc2ccccc2)cc1. The number of carbonyl (C=O) groups is 1. The Labute approximate surface area is 203 Å². The van der Waals surface area contributed by atoms with Crippen LogP contribution >= 0.6 is 0 Å². The van der Waals surface area contributed by atoms with E-state index in [1.807, 2.05) is 60.7 Å². The van der Waals surface area contributed by atoms with Crippen LogP contribution in [0, 0.1) is 0 Å². The van der Waals surface area contributed by atoms with Crippen LogP contribution in [0.5, 0.6) is 0 Å². The highest BCUT2D eigenvalue weighted by atomic mass is 32.2. The number of aromatic nitrogens is 3. The Kier molecular flexibility index (Phi) is 5.88. The molecule has 0 unspecified atom stereocenters. The quantitative estimate of drug-likeness (QED) is 0.375. The molecule has 1 amide bonds. The van der Waals surface area contributed by atoms with E-state index in [2.05, 4.69) is 10.4 Å². The number of hydrogen-bond donors (Lipinski definition) is 1. The second-order valence-corrected chi connectivity index (χ2v) is 10.2. The third kappa shape index (κ3) is 4.83. The second kappa shape index (κ2) is 9.15. The number of anilines is 1. The van der Waals surface area contributed by atoms with Crippen LogP contribution in [0.15, 0.2) is 102 Å². The van der Waals surface area contributed by atoms with E-state index in [-0.39, 0.29) is 10.8 Å². The fourth-order valence-electron chi connectivity index (χ4n) is 3.85. The second-order valence-electron chi connectivity index (χ2n) is 8.20. The van der Waals surface area contributed by atoms with Crippen molar-refractivity contribution < 1.29 is 13.2 Å². The molecule has 0 aliphatic heterocycles. The van der Waals surface area contributed by atoms with Gasteiger partial charge < -0.3 is 5.32 Å². The summed E-state index contributed by atoms with van der Waals surface area (Å²) in [6.07, 6.45) is 2.80. The number of fused-ring (bicyclic) bond motifs is 1.